The van der Waals surface area contributed by atoms with Crippen molar-refractivity contribution in [3.05, 3.63) is 65.7 Å². The molecule has 0 radical (unpaired) electrons. The van der Waals surface area contributed by atoms with E-state index >= 15 is 0 Å². The molecule has 0 aromatic heterocycles. The van der Waals surface area contributed by atoms with Gasteiger partial charge in [0, 0.05) is 17.0 Å². The quantitative estimate of drug-likeness (QED) is 0.453. The largest absolute Gasteiger partial charge is 0.412 e. The number of carbonyl (C=O) groups is 1. The Morgan fingerprint density at radius 1 is 1.10 bits per heavy atom. The van der Waals surface area contributed by atoms with Crippen molar-refractivity contribution in [1.29, 1.82) is 10.8 Å². The van der Waals surface area contributed by atoms with E-state index in [-0.39, 0.29) is 17.8 Å². The fourth-order valence-corrected chi connectivity index (χ4v) is 3.80. The van der Waals surface area contributed by atoms with Crippen LogP contribution in [0.5, 0.6) is 0 Å². The number of carbonyl (C=O) groups excluding carboxylic acids is 1. The van der Waals surface area contributed by atoms with Crippen molar-refractivity contribution in [1.82, 2.24) is 10.2 Å². The lowest BCUT2D eigenvalue weighted by Gasteiger charge is -2.28. The van der Waals surface area contributed by atoms with E-state index in [1.165, 1.54) is 0 Å². The van der Waals surface area contributed by atoms with E-state index in [0.29, 0.717) is 11.4 Å². The Bertz CT molecular complexity index is 1010. The van der Waals surface area contributed by atoms with Gasteiger partial charge < -0.3 is 20.3 Å². The summed E-state index contributed by atoms with van der Waals surface area (Å²) in [4.78, 5) is 19.7. The molecule has 8 heteroatoms. The third kappa shape index (κ3) is 4.80. The number of aliphatic imine (C=N–C) groups is 1. The Kier molecular flexibility index (Phi) is 6.08. The lowest BCUT2D eigenvalue weighted by atomic mass is 9.97. The minimum absolute atomic E-state index is 0.0195. The zero-order valence-electron chi connectivity index (χ0n) is 17.4. The van der Waals surface area contributed by atoms with E-state index in [0.717, 1.165) is 37.1 Å². The number of anilines is 1. The first kappa shape index (κ1) is 20.7. The Balaban J connectivity index is 1.53. The number of nitrogens with zero attached hydrogens (tertiary/aromatic N) is 2. The Labute approximate surface area is 181 Å². The van der Waals surface area contributed by atoms with Gasteiger partial charge in [0.15, 0.2) is 5.90 Å². The van der Waals surface area contributed by atoms with Gasteiger partial charge in [0.25, 0.3) is 11.9 Å². The number of benzene rings is 2. The molecular formula is C23H26N6O2. The van der Waals surface area contributed by atoms with Crippen LogP contribution in [0.3, 0.4) is 0 Å². The summed E-state index contributed by atoms with van der Waals surface area (Å²) in [5.41, 5.74) is 2.97. The summed E-state index contributed by atoms with van der Waals surface area (Å²) in [7, 11) is 2.05. The molecule has 4 N–H and O–H groups in total. The number of hydrogen-bond acceptors (Lipinski definition) is 6. The smallest absolute Gasteiger partial charge is 0.290 e. The third-order valence-electron chi connectivity index (χ3n) is 5.56. The highest BCUT2D eigenvalue weighted by Crippen LogP contribution is 2.24. The minimum Gasteiger partial charge on any atom is -0.412 e. The zero-order valence-corrected chi connectivity index (χ0v) is 17.4. The maximum atomic E-state index is 12.8. The normalized spacial score (nSPS) is 19.5. The maximum Gasteiger partial charge on any atom is 0.290 e. The van der Waals surface area contributed by atoms with Gasteiger partial charge in [-0.1, -0.05) is 48.5 Å². The number of fused-ring (bicyclic) bond motifs is 1. The van der Waals surface area contributed by atoms with Gasteiger partial charge >= 0.3 is 0 Å². The van der Waals surface area contributed by atoms with E-state index in [2.05, 4.69) is 27.6 Å². The van der Waals surface area contributed by atoms with Crippen LogP contribution in [0.4, 0.5) is 5.69 Å². The van der Waals surface area contributed by atoms with Crippen LogP contribution in [0, 0.1) is 16.7 Å². The fraction of sp³-hybridized carbons (Fsp3) is 0.304. The average molecular weight is 419 g/mol. The number of hydrogen-bond donors (Lipinski definition) is 4. The number of likely N-dealkylation sites (tertiary alicyclic amines) is 1. The van der Waals surface area contributed by atoms with E-state index in [1.807, 2.05) is 54.6 Å². The van der Waals surface area contributed by atoms with Crippen molar-refractivity contribution in [3.63, 3.8) is 0 Å². The number of para-hydroxylation sites is 1. The summed E-state index contributed by atoms with van der Waals surface area (Å²) in [6.07, 6.45) is 0.580. The lowest BCUT2D eigenvalue weighted by molar-refractivity contribution is -0.117. The van der Waals surface area contributed by atoms with E-state index in [9.17, 15) is 4.79 Å². The fourth-order valence-electron chi connectivity index (χ4n) is 3.80. The molecule has 1 amide bonds. The van der Waals surface area contributed by atoms with Crippen molar-refractivity contribution in [2.75, 3.05) is 25.5 Å². The van der Waals surface area contributed by atoms with Gasteiger partial charge in [0.05, 0.1) is 11.4 Å². The topological polar surface area (TPSA) is 114 Å². The minimum atomic E-state index is -1.06. The number of benzodiazepines with no additional fused rings is 1. The van der Waals surface area contributed by atoms with E-state index < -0.39 is 12.1 Å². The highest BCUT2D eigenvalue weighted by molar-refractivity contribution is 6.19. The molecule has 2 aromatic carbocycles. The summed E-state index contributed by atoms with van der Waals surface area (Å²) in [6.45, 7) is 1.79. The van der Waals surface area contributed by atoms with E-state index in [1.54, 1.807) is 0 Å². The second kappa shape index (κ2) is 9.09. The van der Waals surface area contributed by atoms with Crippen LogP contribution < -0.4 is 10.6 Å². The molecule has 0 saturated carbocycles. The standard InChI is InChI=1S/C23H26N6O2/c1-29-13-11-16(12-14-29)20(24)31-23(25)28-21-22(30)26-18-10-6-5-9-17(18)19(27-21)15-7-3-2-4-8-15/h2-10,16,21,24H,11-14H2,1H3,(H2,25,28)(H,26,30). The number of nitrogens with one attached hydrogen (secondary N) is 4. The first-order chi connectivity index (χ1) is 15.0. The SMILES string of the molecule is CN1CCC(C(=N)OC(=N)NC2N=C(c3ccccc3)c3ccccc3NC2=O)CC1. The third-order valence-corrected chi connectivity index (χ3v) is 5.56. The molecule has 8 nitrogen and oxygen atoms in total. The summed E-state index contributed by atoms with van der Waals surface area (Å²) >= 11 is 0. The molecular weight excluding hydrogens is 392 g/mol. The number of amidine groups is 1. The van der Waals surface area contributed by atoms with Crippen LogP contribution >= 0.6 is 0 Å². The number of piperidine rings is 1. The number of ether oxygens (including phenoxy) is 1. The Hall–Kier alpha value is -3.52. The van der Waals surface area contributed by atoms with Crippen molar-refractivity contribution in [3.8, 4) is 0 Å². The Morgan fingerprint density at radius 3 is 2.52 bits per heavy atom. The molecule has 1 atom stereocenters. The molecule has 0 aliphatic carbocycles. The highest BCUT2D eigenvalue weighted by Gasteiger charge is 2.28. The number of amides is 1. The van der Waals surface area contributed by atoms with Crippen LogP contribution in [0.15, 0.2) is 59.6 Å². The summed E-state index contributed by atoms with van der Waals surface area (Å²) in [6, 6.07) is 16.7. The van der Waals surface area contributed by atoms with Crippen molar-refractivity contribution < 1.29 is 9.53 Å². The molecule has 2 heterocycles. The van der Waals surface area contributed by atoms with Gasteiger partial charge in [-0.3, -0.25) is 15.6 Å². The molecule has 31 heavy (non-hydrogen) atoms. The molecule has 2 aromatic rings. The number of rotatable bonds is 3. The predicted molar refractivity (Wildman–Crippen MR) is 121 cm³/mol. The second-order valence-corrected chi connectivity index (χ2v) is 7.80. The van der Waals surface area contributed by atoms with Crippen molar-refractivity contribution >= 4 is 29.2 Å². The first-order valence-corrected chi connectivity index (χ1v) is 10.3. The monoisotopic (exact) mass is 418 g/mol. The molecule has 1 saturated heterocycles. The van der Waals surface area contributed by atoms with Gasteiger partial charge in [-0.25, -0.2) is 4.99 Å². The van der Waals surface area contributed by atoms with Crippen LogP contribution in [-0.4, -0.2) is 54.7 Å². The van der Waals surface area contributed by atoms with E-state index in [4.69, 9.17) is 15.6 Å². The van der Waals surface area contributed by atoms with Crippen LogP contribution in [0.25, 0.3) is 0 Å². The Morgan fingerprint density at radius 2 is 1.77 bits per heavy atom. The zero-order chi connectivity index (χ0) is 21.8. The van der Waals surface area contributed by atoms with Gasteiger partial charge in [-0.15, -0.1) is 0 Å². The van der Waals surface area contributed by atoms with Gasteiger partial charge in [-0.05, 0) is 39.0 Å². The van der Waals surface area contributed by atoms with Crippen molar-refractivity contribution in [2.24, 2.45) is 10.9 Å². The van der Waals surface area contributed by atoms with Crippen LogP contribution in [-0.2, 0) is 9.53 Å². The average Bonchev–Trinajstić information content (AvgIpc) is 2.91. The molecule has 0 bridgehead atoms. The highest BCUT2D eigenvalue weighted by atomic mass is 16.5. The molecule has 160 valence electrons. The predicted octanol–water partition coefficient (Wildman–Crippen LogP) is 2.66. The first-order valence-electron chi connectivity index (χ1n) is 10.3. The lowest BCUT2D eigenvalue weighted by Crippen LogP contribution is -2.44. The summed E-state index contributed by atoms with van der Waals surface area (Å²) in [5, 5.41) is 22.0. The second-order valence-electron chi connectivity index (χ2n) is 7.80. The molecule has 2 aliphatic heterocycles. The molecule has 2 aliphatic rings. The van der Waals surface area contributed by atoms with Crippen LogP contribution in [0.2, 0.25) is 0 Å². The molecule has 0 spiro atoms. The van der Waals surface area contributed by atoms with Gasteiger partial charge in [-0.2, -0.15) is 0 Å². The van der Waals surface area contributed by atoms with Gasteiger partial charge in [0.1, 0.15) is 0 Å². The molecule has 4 rings (SSSR count). The van der Waals surface area contributed by atoms with Gasteiger partial charge in [0.2, 0.25) is 6.17 Å². The summed E-state index contributed by atoms with van der Waals surface area (Å²) in [5.74, 6) is -0.360. The molecule has 1 fully saturated rings. The van der Waals surface area contributed by atoms with Crippen molar-refractivity contribution in [2.45, 2.75) is 19.0 Å². The summed E-state index contributed by atoms with van der Waals surface area (Å²) < 4.78 is 5.42. The van der Waals surface area contributed by atoms with Crippen LogP contribution in [0.1, 0.15) is 24.0 Å². The molecule has 1 unspecified atom stereocenters. The maximum absolute atomic E-state index is 12.8.